The van der Waals surface area contributed by atoms with Crippen molar-refractivity contribution in [3.8, 4) is 11.6 Å². The maximum atomic E-state index is 14.2. The molecule has 42 heavy (non-hydrogen) atoms. The van der Waals surface area contributed by atoms with Gasteiger partial charge in [0.05, 0.1) is 6.54 Å². The Kier molecular flexibility index (Phi) is 7.26. The number of hydrogen-bond acceptors (Lipinski definition) is 8. The van der Waals surface area contributed by atoms with Gasteiger partial charge in [0.2, 0.25) is 0 Å². The zero-order valence-electron chi connectivity index (χ0n) is 22.7. The first-order valence-electron chi connectivity index (χ1n) is 13.5. The number of alkyl halides is 1. The third-order valence-electron chi connectivity index (χ3n) is 7.06. The van der Waals surface area contributed by atoms with Gasteiger partial charge in [0.25, 0.3) is 17.0 Å². The highest BCUT2D eigenvalue weighted by Gasteiger charge is 2.20. The number of fused-ring (bicyclic) bond motifs is 2. The van der Waals surface area contributed by atoms with Crippen molar-refractivity contribution in [2.45, 2.75) is 45.4 Å². The molecule has 1 N–H and O–H groups in total. The first kappa shape index (κ1) is 26.9. The molecule has 1 atom stereocenters. The minimum absolute atomic E-state index is 0.0193. The van der Waals surface area contributed by atoms with Crippen LogP contribution in [-0.4, -0.2) is 34.2 Å². The van der Waals surface area contributed by atoms with E-state index in [0.717, 1.165) is 20.9 Å². The van der Waals surface area contributed by atoms with Gasteiger partial charge in [0, 0.05) is 19.2 Å². The molecule has 0 amide bonds. The second-order valence-electron chi connectivity index (χ2n) is 9.92. The van der Waals surface area contributed by atoms with Crippen LogP contribution in [0.1, 0.15) is 43.1 Å². The summed E-state index contributed by atoms with van der Waals surface area (Å²) in [7, 11) is 0. The molecule has 0 spiro atoms. The van der Waals surface area contributed by atoms with Crippen molar-refractivity contribution < 1.29 is 8.91 Å². The monoisotopic (exact) mass is 567 g/mol. The van der Waals surface area contributed by atoms with Crippen LogP contribution in [0.4, 0.5) is 4.39 Å². The second kappa shape index (κ2) is 11.3. The molecule has 0 aliphatic rings. The summed E-state index contributed by atoms with van der Waals surface area (Å²) in [6.45, 7) is 1.29. The largest absolute Gasteiger partial charge is 0.332 e. The Bertz CT molecular complexity index is 2070. The molecule has 0 saturated carbocycles. The van der Waals surface area contributed by atoms with Crippen molar-refractivity contribution in [1.29, 1.82) is 0 Å². The maximum Gasteiger partial charge on any atom is 0.332 e. The highest BCUT2D eigenvalue weighted by molar-refractivity contribution is 5.85. The molecule has 0 radical (unpaired) electrons. The van der Waals surface area contributed by atoms with Gasteiger partial charge in [-0.25, -0.2) is 14.2 Å². The van der Waals surface area contributed by atoms with Crippen molar-refractivity contribution in [1.82, 2.24) is 34.2 Å². The van der Waals surface area contributed by atoms with E-state index in [-0.39, 0.29) is 29.9 Å². The van der Waals surface area contributed by atoms with E-state index >= 15 is 0 Å². The lowest BCUT2D eigenvalue weighted by atomic mass is 10.0. The molecule has 2 aromatic carbocycles. The molecule has 6 rings (SSSR count). The summed E-state index contributed by atoms with van der Waals surface area (Å²) < 4.78 is 21.8. The summed E-state index contributed by atoms with van der Waals surface area (Å²) in [5, 5.41) is 5.86. The van der Waals surface area contributed by atoms with Gasteiger partial charge in [-0.1, -0.05) is 53.7 Å². The van der Waals surface area contributed by atoms with E-state index in [9.17, 15) is 18.8 Å². The summed E-state index contributed by atoms with van der Waals surface area (Å²) in [6, 6.07) is 18.7. The molecule has 6 aromatic rings. The van der Waals surface area contributed by atoms with Crippen molar-refractivity contribution in [3.63, 3.8) is 0 Å². The number of aromatic nitrogens is 7. The minimum atomic E-state index is -1.61. The van der Waals surface area contributed by atoms with Crippen LogP contribution in [0.2, 0.25) is 0 Å². The van der Waals surface area contributed by atoms with Gasteiger partial charge >= 0.3 is 5.69 Å². The van der Waals surface area contributed by atoms with E-state index in [1.54, 1.807) is 18.3 Å². The van der Waals surface area contributed by atoms with Crippen LogP contribution in [0, 0.1) is 0 Å². The molecule has 11 nitrogen and oxygen atoms in total. The molecule has 0 saturated heterocycles. The Morgan fingerprint density at radius 1 is 0.952 bits per heavy atom. The number of H-pyrrole nitrogens is 1. The predicted octanol–water partition coefficient (Wildman–Crippen LogP) is 3.95. The minimum Gasteiger partial charge on any atom is -0.332 e. The number of nitrogens with zero attached hydrogens (tertiary/aromatic N) is 6. The lowest BCUT2D eigenvalue weighted by Crippen LogP contribution is -2.43. The van der Waals surface area contributed by atoms with E-state index in [2.05, 4.69) is 25.1 Å². The summed E-state index contributed by atoms with van der Waals surface area (Å²) >= 11 is 0. The zero-order chi connectivity index (χ0) is 29.2. The number of unbranched alkanes of at least 4 members (excludes halogenated alkanes) is 1. The smallest absolute Gasteiger partial charge is 0.332 e. The molecule has 0 aliphatic heterocycles. The third-order valence-corrected chi connectivity index (χ3v) is 7.06. The molecule has 12 heteroatoms. The summed E-state index contributed by atoms with van der Waals surface area (Å²) in [5.41, 5.74) is -1.23. The fraction of sp³-hybridized carbons (Fsp3) is 0.233. The Labute approximate surface area is 237 Å². The van der Waals surface area contributed by atoms with E-state index < -0.39 is 23.0 Å². The number of rotatable bonds is 9. The SMILES string of the molecule is CC(F)c1nc2c(=O)n(CCCCc3noc(-c4ccccn4)n3)c(=O)n(Cc3cccc4ccccc34)c2c(=O)[nH]1. The summed E-state index contributed by atoms with van der Waals surface area (Å²) in [5.74, 6) is 0.513. The average molecular weight is 568 g/mol. The lowest BCUT2D eigenvalue weighted by Gasteiger charge is -2.15. The molecular weight excluding hydrogens is 541 g/mol. The quantitative estimate of drug-likeness (QED) is 0.259. The topological polar surface area (TPSA) is 142 Å². The molecule has 0 bridgehead atoms. The molecule has 1 unspecified atom stereocenters. The average Bonchev–Trinajstić information content (AvgIpc) is 3.48. The van der Waals surface area contributed by atoms with Crippen LogP contribution in [0.3, 0.4) is 0 Å². The fourth-order valence-corrected chi connectivity index (χ4v) is 4.97. The number of hydrogen-bond donors (Lipinski definition) is 1. The van der Waals surface area contributed by atoms with E-state index in [0.29, 0.717) is 36.7 Å². The molecule has 0 aliphatic carbocycles. The van der Waals surface area contributed by atoms with Crippen LogP contribution in [0.15, 0.2) is 85.8 Å². The van der Waals surface area contributed by atoms with Crippen LogP contribution < -0.4 is 16.8 Å². The van der Waals surface area contributed by atoms with E-state index in [4.69, 9.17) is 4.52 Å². The van der Waals surface area contributed by atoms with Crippen molar-refractivity contribution in [2.24, 2.45) is 0 Å². The van der Waals surface area contributed by atoms with Crippen molar-refractivity contribution >= 4 is 21.8 Å². The Morgan fingerprint density at radius 3 is 2.57 bits per heavy atom. The Morgan fingerprint density at radius 2 is 1.76 bits per heavy atom. The molecule has 4 heterocycles. The number of halogens is 1. The molecule has 4 aromatic heterocycles. The number of pyridine rings is 1. The van der Waals surface area contributed by atoms with Crippen LogP contribution in [0.5, 0.6) is 0 Å². The normalized spacial score (nSPS) is 12.2. The Balaban J connectivity index is 1.33. The van der Waals surface area contributed by atoms with E-state index in [1.807, 2.05) is 48.5 Å². The molecule has 212 valence electrons. The van der Waals surface area contributed by atoms with E-state index in [1.165, 1.54) is 11.5 Å². The van der Waals surface area contributed by atoms with Gasteiger partial charge in [-0.15, -0.1) is 0 Å². The standard InChI is InChI=1S/C30H26FN7O4/c1-18(31)26-34-24-25(27(39)35-26)38(17-20-11-8-10-19-9-2-3-12-21(19)20)30(41)37(29(24)40)16-7-5-14-23-33-28(42-36-23)22-13-4-6-15-32-22/h2-4,6,8-13,15,18H,5,7,14,16-17H2,1H3,(H,34,35,39). The molecular formula is C30H26FN7O4. The summed E-state index contributed by atoms with van der Waals surface area (Å²) in [4.78, 5) is 55.5. The highest BCUT2D eigenvalue weighted by atomic mass is 19.1. The van der Waals surface area contributed by atoms with Gasteiger partial charge < -0.3 is 9.51 Å². The Hall–Kier alpha value is -5.26. The number of nitrogens with one attached hydrogen (secondary N) is 1. The van der Waals surface area contributed by atoms with Gasteiger partial charge in [-0.3, -0.25) is 23.7 Å². The first-order valence-corrected chi connectivity index (χ1v) is 13.5. The number of aryl methyl sites for hydroxylation is 1. The van der Waals surface area contributed by atoms with Crippen LogP contribution >= 0.6 is 0 Å². The van der Waals surface area contributed by atoms with Gasteiger partial charge in [0.1, 0.15) is 17.0 Å². The fourth-order valence-electron chi connectivity index (χ4n) is 4.97. The second-order valence-corrected chi connectivity index (χ2v) is 9.92. The third kappa shape index (κ3) is 5.14. The summed E-state index contributed by atoms with van der Waals surface area (Å²) in [6.07, 6.45) is 1.44. The zero-order valence-corrected chi connectivity index (χ0v) is 22.7. The van der Waals surface area contributed by atoms with Gasteiger partial charge in [-0.05, 0) is 48.2 Å². The van der Waals surface area contributed by atoms with Crippen LogP contribution in [-0.2, 0) is 19.5 Å². The van der Waals surface area contributed by atoms with Crippen molar-refractivity contribution in [2.75, 3.05) is 0 Å². The first-order chi connectivity index (χ1) is 20.4. The van der Waals surface area contributed by atoms with Gasteiger partial charge in [-0.2, -0.15) is 4.98 Å². The highest BCUT2D eigenvalue weighted by Crippen LogP contribution is 2.20. The predicted molar refractivity (Wildman–Crippen MR) is 154 cm³/mol. The number of aromatic amines is 1. The van der Waals surface area contributed by atoms with Crippen LogP contribution in [0.25, 0.3) is 33.4 Å². The lowest BCUT2D eigenvalue weighted by molar-refractivity contribution is 0.356. The molecule has 0 fully saturated rings. The van der Waals surface area contributed by atoms with Crippen molar-refractivity contribution in [3.05, 3.63) is 115 Å². The van der Waals surface area contributed by atoms with Gasteiger partial charge in [0.15, 0.2) is 17.5 Å². The maximum absolute atomic E-state index is 14.2. The number of benzene rings is 2.